The van der Waals surface area contributed by atoms with Crippen molar-refractivity contribution in [2.45, 2.75) is 24.4 Å². The Hall–Kier alpha value is -2.36. The summed E-state index contributed by atoms with van der Waals surface area (Å²) >= 11 is 1.45. The van der Waals surface area contributed by atoms with Gasteiger partial charge in [-0.15, -0.1) is 11.3 Å². The minimum Gasteiger partial charge on any atom is -0.348 e. The smallest absolute Gasteiger partial charge is 0.244 e. The predicted octanol–water partition coefficient (Wildman–Crippen LogP) is 2.42. The van der Waals surface area contributed by atoms with Gasteiger partial charge in [0.25, 0.3) is 0 Å². The lowest BCUT2D eigenvalue weighted by Gasteiger charge is -2.14. The highest BCUT2D eigenvalue weighted by Gasteiger charge is 2.24. The quantitative estimate of drug-likeness (QED) is 0.673. The molecule has 0 unspecified atom stereocenters. The number of carbonyl (C=O) groups excluding carboxylic acids is 1. The molecule has 3 aromatic rings. The molecule has 2 N–H and O–H groups in total. The molecule has 1 amide bonds. The van der Waals surface area contributed by atoms with Crippen LogP contribution in [0.2, 0.25) is 0 Å². The van der Waals surface area contributed by atoms with Crippen LogP contribution in [0.5, 0.6) is 0 Å². The number of sulfonamides is 1. The van der Waals surface area contributed by atoms with Gasteiger partial charge < -0.3 is 5.32 Å². The SMILES string of the molecule is C[C@H](NS(=O)(=O)c1ccccc1F)C(=O)NCc1nc2ccccc2s1. The van der Waals surface area contributed by atoms with Gasteiger partial charge in [-0.05, 0) is 31.2 Å². The first-order chi connectivity index (χ1) is 12.4. The molecule has 0 aliphatic carbocycles. The number of nitrogens with zero attached hydrogens (tertiary/aromatic N) is 1. The third-order valence-electron chi connectivity index (χ3n) is 3.60. The van der Waals surface area contributed by atoms with E-state index in [4.69, 9.17) is 0 Å². The number of hydrogen-bond acceptors (Lipinski definition) is 5. The van der Waals surface area contributed by atoms with Gasteiger partial charge in [-0.3, -0.25) is 4.79 Å². The van der Waals surface area contributed by atoms with Crippen LogP contribution in [-0.2, 0) is 21.4 Å². The standard InChI is InChI=1S/C17H16FN3O3S2/c1-11(21-26(23,24)15-9-5-2-6-12(15)18)17(22)19-10-16-20-13-7-3-4-8-14(13)25-16/h2-9,11,21H,10H2,1H3,(H,19,22)/t11-/m0/s1. The first-order valence-electron chi connectivity index (χ1n) is 7.76. The van der Waals surface area contributed by atoms with Crippen molar-refractivity contribution in [2.24, 2.45) is 0 Å². The zero-order valence-corrected chi connectivity index (χ0v) is 15.4. The average Bonchev–Trinajstić information content (AvgIpc) is 3.02. The van der Waals surface area contributed by atoms with Gasteiger partial charge in [-0.25, -0.2) is 17.8 Å². The predicted molar refractivity (Wildman–Crippen MR) is 97.7 cm³/mol. The van der Waals surface area contributed by atoms with Crippen LogP contribution in [0.25, 0.3) is 10.2 Å². The number of fused-ring (bicyclic) bond motifs is 1. The molecule has 26 heavy (non-hydrogen) atoms. The molecule has 6 nitrogen and oxygen atoms in total. The lowest BCUT2D eigenvalue weighted by Crippen LogP contribution is -2.44. The Labute approximate surface area is 154 Å². The van der Waals surface area contributed by atoms with Gasteiger partial charge in [-0.1, -0.05) is 24.3 Å². The molecule has 0 saturated carbocycles. The minimum atomic E-state index is -4.14. The molecule has 1 aromatic heterocycles. The summed E-state index contributed by atoms with van der Waals surface area (Å²) in [5.74, 6) is -1.40. The van der Waals surface area contributed by atoms with Gasteiger partial charge >= 0.3 is 0 Å². The van der Waals surface area contributed by atoms with Gasteiger partial charge in [0.15, 0.2) is 0 Å². The van der Waals surface area contributed by atoms with Gasteiger partial charge in [0, 0.05) is 0 Å². The van der Waals surface area contributed by atoms with Crippen LogP contribution in [0.4, 0.5) is 4.39 Å². The van der Waals surface area contributed by atoms with Gasteiger partial charge in [0.2, 0.25) is 15.9 Å². The number of nitrogens with one attached hydrogen (secondary N) is 2. The molecule has 2 aromatic carbocycles. The largest absolute Gasteiger partial charge is 0.348 e. The van der Waals surface area contributed by atoms with E-state index in [0.29, 0.717) is 5.01 Å². The molecule has 3 rings (SSSR count). The van der Waals surface area contributed by atoms with E-state index < -0.39 is 32.7 Å². The van der Waals surface area contributed by atoms with Crippen LogP contribution in [0, 0.1) is 5.82 Å². The molecule has 0 radical (unpaired) electrons. The topological polar surface area (TPSA) is 88.2 Å². The summed E-state index contributed by atoms with van der Waals surface area (Å²) in [6.07, 6.45) is 0. The van der Waals surface area contributed by atoms with Crippen molar-refractivity contribution >= 4 is 37.5 Å². The Balaban J connectivity index is 1.63. The molecule has 0 aliphatic rings. The minimum absolute atomic E-state index is 0.184. The lowest BCUT2D eigenvalue weighted by molar-refractivity contribution is -0.122. The monoisotopic (exact) mass is 393 g/mol. The van der Waals surface area contributed by atoms with Gasteiger partial charge in [-0.2, -0.15) is 4.72 Å². The van der Waals surface area contributed by atoms with Crippen LogP contribution in [0.1, 0.15) is 11.9 Å². The number of para-hydroxylation sites is 1. The summed E-state index contributed by atoms with van der Waals surface area (Å²) in [4.78, 5) is 16.1. The Bertz CT molecular complexity index is 1020. The molecule has 0 fully saturated rings. The van der Waals surface area contributed by atoms with Crippen molar-refractivity contribution in [3.05, 3.63) is 59.4 Å². The molecule has 0 saturated heterocycles. The Morgan fingerprint density at radius 3 is 2.62 bits per heavy atom. The van der Waals surface area contributed by atoms with Crippen molar-refractivity contribution in [3.8, 4) is 0 Å². The fraction of sp³-hybridized carbons (Fsp3) is 0.176. The van der Waals surface area contributed by atoms with E-state index in [9.17, 15) is 17.6 Å². The molecule has 1 atom stereocenters. The number of halogens is 1. The maximum absolute atomic E-state index is 13.7. The molecule has 0 spiro atoms. The highest BCUT2D eigenvalue weighted by molar-refractivity contribution is 7.89. The molecule has 0 bridgehead atoms. The third-order valence-corrected chi connectivity index (χ3v) is 6.21. The number of hydrogen-bond donors (Lipinski definition) is 2. The van der Waals surface area contributed by atoms with Gasteiger partial charge in [0.1, 0.15) is 15.7 Å². The molecular weight excluding hydrogens is 377 g/mol. The normalized spacial score (nSPS) is 12.8. The second-order valence-corrected chi connectivity index (χ2v) is 8.36. The fourth-order valence-corrected chi connectivity index (χ4v) is 4.51. The highest BCUT2D eigenvalue weighted by Crippen LogP contribution is 2.21. The van der Waals surface area contributed by atoms with E-state index in [0.717, 1.165) is 22.3 Å². The summed E-state index contributed by atoms with van der Waals surface area (Å²) in [6.45, 7) is 1.58. The summed E-state index contributed by atoms with van der Waals surface area (Å²) in [5, 5.41) is 3.35. The number of benzene rings is 2. The van der Waals surface area contributed by atoms with Crippen molar-refractivity contribution in [1.82, 2.24) is 15.0 Å². The van der Waals surface area contributed by atoms with Crippen LogP contribution >= 0.6 is 11.3 Å². The summed E-state index contributed by atoms with van der Waals surface area (Å²) in [7, 11) is -4.14. The molecule has 136 valence electrons. The Morgan fingerprint density at radius 1 is 1.19 bits per heavy atom. The highest BCUT2D eigenvalue weighted by atomic mass is 32.2. The van der Waals surface area contributed by atoms with Crippen LogP contribution in [0.15, 0.2) is 53.4 Å². The van der Waals surface area contributed by atoms with Crippen LogP contribution in [-0.4, -0.2) is 25.4 Å². The average molecular weight is 393 g/mol. The van der Waals surface area contributed by atoms with E-state index in [1.807, 2.05) is 24.3 Å². The van der Waals surface area contributed by atoms with Crippen molar-refractivity contribution in [1.29, 1.82) is 0 Å². The molecular formula is C17H16FN3O3S2. The van der Waals surface area contributed by atoms with E-state index in [1.165, 1.54) is 30.4 Å². The zero-order valence-electron chi connectivity index (χ0n) is 13.8. The lowest BCUT2D eigenvalue weighted by atomic mass is 10.3. The third kappa shape index (κ3) is 4.06. The Morgan fingerprint density at radius 2 is 1.88 bits per heavy atom. The fourth-order valence-electron chi connectivity index (χ4n) is 2.32. The first kappa shape index (κ1) is 18.4. The number of rotatable bonds is 6. The number of carbonyl (C=O) groups is 1. The maximum Gasteiger partial charge on any atom is 0.244 e. The number of aromatic nitrogens is 1. The molecule has 9 heteroatoms. The second-order valence-electron chi connectivity index (χ2n) is 5.57. The van der Waals surface area contributed by atoms with E-state index in [1.54, 1.807) is 0 Å². The van der Waals surface area contributed by atoms with Crippen molar-refractivity contribution in [3.63, 3.8) is 0 Å². The van der Waals surface area contributed by atoms with Crippen LogP contribution in [0.3, 0.4) is 0 Å². The van der Waals surface area contributed by atoms with E-state index >= 15 is 0 Å². The van der Waals surface area contributed by atoms with E-state index in [2.05, 4.69) is 15.0 Å². The second kappa shape index (κ2) is 7.48. The van der Waals surface area contributed by atoms with Crippen molar-refractivity contribution < 1.29 is 17.6 Å². The number of thiazole rings is 1. The maximum atomic E-state index is 13.7. The summed E-state index contributed by atoms with van der Waals surface area (Å²) < 4.78 is 41.3. The molecule has 1 heterocycles. The zero-order chi connectivity index (χ0) is 18.7. The summed E-state index contributed by atoms with van der Waals surface area (Å²) in [6, 6.07) is 11.5. The Kier molecular flexibility index (Phi) is 5.30. The van der Waals surface area contributed by atoms with E-state index in [-0.39, 0.29) is 6.54 Å². The number of amides is 1. The van der Waals surface area contributed by atoms with Crippen molar-refractivity contribution in [2.75, 3.05) is 0 Å². The van der Waals surface area contributed by atoms with Crippen LogP contribution < -0.4 is 10.0 Å². The first-order valence-corrected chi connectivity index (χ1v) is 10.1. The summed E-state index contributed by atoms with van der Waals surface area (Å²) in [5.41, 5.74) is 0.843. The molecule has 0 aliphatic heterocycles. The van der Waals surface area contributed by atoms with Gasteiger partial charge in [0.05, 0.1) is 22.8 Å².